The van der Waals surface area contributed by atoms with E-state index in [0.717, 1.165) is 0 Å². The lowest BCUT2D eigenvalue weighted by Gasteiger charge is -2.36. The number of aryl methyl sites for hydroxylation is 1. The summed E-state index contributed by atoms with van der Waals surface area (Å²) in [6, 6.07) is 2.08. The van der Waals surface area contributed by atoms with E-state index in [1.165, 1.54) is 19.1 Å². The van der Waals surface area contributed by atoms with E-state index in [1.807, 2.05) is 4.90 Å². The molecule has 1 saturated heterocycles. The van der Waals surface area contributed by atoms with Crippen LogP contribution in [0.4, 0.5) is 8.78 Å². The van der Waals surface area contributed by atoms with Gasteiger partial charge in [-0.05, 0) is 31.5 Å². The molecule has 0 aromatic heterocycles. The van der Waals surface area contributed by atoms with Crippen LogP contribution in [0, 0.1) is 18.6 Å². The van der Waals surface area contributed by atoms with E-state index in [-0.39, 0.29) is 23.6 Å². The van der Waals surface area contributed by atoms with Gasteiger partial charge in [-0.3, -0.25) is 9.69 Å². The van der Waals surface area contributed by atoms with Crippen LogP contribution in [-0.2, 0) is 9.53 Å². The molecule has 21 heavy (non-hydrogen) atoms. The number of carboxylic acid groups (broad SMARTS) is 1. The number of hydrogen-bond acceptors (Lipinski definition) is 3. The van der Waals surface area contributed by atoms with Gasteiger partial charge in [-0.25, -0.2) is 8.78 Å². The molecular formula is C15H19F2NO3. The Kier molecular flexibility index (Phi) is 4.90. The standard InChI is InChI=1S/C15H19F2NO3/c1-9-5-14(17)12(7-13(9)16)10(2)18-3-4-21-11(8-18)6-15(19)20/h5,7,10-11H,3-4,6,8H2,1-2H3,(H,19,20). The van der Waals surface area contributed by atoms with Gasteiger partial charge in [0.1, 0.15) is 11.6 Å². The van der Waals surface area contributed by atoms with E-state index in [1.54, 1.807) is 6.92 Å². The van der Waals surface area contributed by atoms with E-state index < -0.39 is 23.7 Å². The first-order valence-corrected chi connectivity index (χ1v) is 6.91. The normalized spacial score (nSPS) is 21.2. The van der Waals surface area contributed by atoms with Crippen LogP contribution in [0.3, 0.4) is 0 Å². The summed E-state index contributed by atoms with van der Waals surface area (Å²) in [6.07, 6.45) is -0.509. The first-order valence-electron chi connectivity index (χ1n) is 6.91. The molecule has 1 aromatic rings. The second-order valence-corrected chi connectivity index (χ2v) is 5.38. The zero-order chi connectivity index (χ0) is 15.6. The second-order valence-electron chi connectivity index (χ2n) is 5.38. The SMILES string of the molecule is Cc1cc(F)c(C(C)N2CCOC(CC(=O)O)C2)cc1F. The van der Waals surface area contributed by atoms with Crippen LogP contribution < -0.4 is 0 Å². The Morgan fingerprint density at radius 3 is 2.86 bits per heavy atom. The van der Waals surface area contributed by atoms with Crippen molar-refractivity contribution in [3.05, 3.63) is 34.9 Å². The number of aliphatic carboxylic acids is 1. The monoisotopic (exact) mass is 299 g/mol. The van der Waals surface area contributed by atoms with Gasteiger partial charge in [-0.1, -0.05) is 0 Å². The number of hydrogen-bond donors (Lipinski definition) is 1. The topological polar surface area (TPSA) is 49.8 Å². The first-order chi connectivity index (χ1) is 9.88. The first kappa shape index (κ1) is 15.9. The maximum absolute atomic E-state index is 14.0. The summed E-state index contributed by atoms with van der Waals surface area (Å²) in [5, 5.41) is 8.81. The van der Waals surface area contributed by atoms with Crippen molar-refractivity contribution in [3.8, 4) is 0 Å². The summed E-state index contributed by atoms with van der Waals surface area (Å²) < 4.78 is 33.1. The smallest absolute Gasteiger partial charge is 0.306 e. The van der Waals surface area contributed by atoms with Crippen molar-refractivity contribution >= 4 is 5.97 Å². The fourth-order valence-corrected chi connectivity index (χ4v) is 2.59. The van der Waals surface area contributed by atoms with Gasteiger partial charge in [0.15, 0.2) is 0 Å². The molecule has 1 heterocycles. The third-order valence-electron chi connectivity index (χ3n) is 3.85. The molecule has 0 saturated carbocycles. The van der Waals surface area contributed by atoms with Crippen molar-refractivity contribution in [2.24, 2.45) is 0 Å². The van der Waals surface area contributed by atoms with Gasteiger partial charge in [-0.15, -0.1) is 0 Å². The molecule has 1 aromatic carbocycles. The number of carboxylic acids is 1. The van der Waals surface area contributed by atoms with Crippen molar-refractivity contribution in [1.29, 1.82) is 0 Å². The van der Waals surface area contributed by atoms with Gasteiger partial charge in [0.2, 0.25) is 0 Å². The van der Waals surface area contributed by atoms with E-state index in [2.05, 4.69) is 0 Å². The van der Waals surface area contributed by atoms with Gasteiger partial charge < -0.3 is 9.84 Å². The average molecular weight is 299 g/mol. The highest BCUT2D eigenvalue weighted by Gasteiger charge is 2.28. The van der Waals surface area contributed by atoms with Crippen LogP contribution in [0.5, 0.6) is 0 Å². The predicted octanol–water partition coefficient (Wildman–Crippen LogP) is 2.51. The minimum Gasteiger partial charge on any atom is -0.481 e. The summed E-state index contributed by atoms with van der Waals surface area (Å²) in [5.74, 6) is -1.81. The molecule has 6 heteroatoms. The molecule has 4 nitrogen and oxygen atoms in total. The number of benzene rings is 1. The molecule has 1 N–H and O–H groups in total. The largest absolute Gasteiger partial charge is 0.481 e. The summed E-state index contributed by atoms with van der Waals surface area (Å²) in [6.45, 7) is 4.65. The highest BCUT2D eigenvalue weighted by Crippen LogP contribution is 2.27. The number of carbonyl (C=O) groups is 1. The minimum absolute atomic E-state index is 0.0893. The van der Waals surface area contributed by atoms with Crippen LogP contribution in [0.15, 0.2) is 12.1 Å². The highest BCUT2D eigenvalue weighted by atomic mass is 19.1. The van der Waals surface area contributed by atoms with Gasteiger partial charge in [0.25, 0.3) is 0 Å². The molecule has 1 aliphatic heterocycles. The molecule has 0 amide bonds. The molecular weight excluding hydrogens is 280 g/mol. The van der Waals surface area contributed by atoms with Crippen LogP contribution in [-0.4, -0.2) is 41.8 Å². The third-order valence-corrected chi connectivity index (χ3v) is 3.85. The molecule has 2 atom stereocenters. The summed E-state index contributed by atoms with van der Waals surface area (Å²) in [7, 11) is 0. The van der Waals surface area contributed by atoms with Crippen molar-refractivity contribution in [1.82, 2.24) is 4.90 Å². The number of morpholine rings is 1. The van der Waals surface area contributed by atoms with E-state index in [9.17, 15) is 13.6 Å². The Morgan fingerprint density at radius 1 is 1.48 bits per heavy atom. The van der Waals surface area contributed by atoms with Gasteiger partial charge in [0, 0.05) is 24.7 Å². The fraction of sp³-hybridized carbons (Fsp3) is 0.533. The lowest BCUT2D eigenvalue weighted by atomic mass is 10.0. The number of rotatable bonds is 4. The molecule has 0 aliphatic carbocycles. The quantitative estimate of drug-likeness (QED) is 0.928. The third kappa shape index (κ3) is 3.77. The Hall–Kier alpha value is -1.53. The maximum Gasteiger partial charge on any atom is 0.306 e. The van der Waals surface area contributed by atoms with E-state index >= 15 is 0 Å². The van der Waals surface area contributed by atoms with Crippen LogP contribution >= 0.6 is 0 Å². The summed E-state index contributed by atoms with van der Waals surface area (Å²) >= 11 is 0. The van der Waals surface area contributed by atoms with Crippen LogP contribution in [0.1, 0.15) is 30.5 Å². The Bertz CT molecular complexity index is 536. The Morgan fingerprint density at radius 2 is 2.19 bits per heavy atom. The average Bonchev–Trinajstić information content (AvgIpc) is 2.41. The number of nitrogens with zero attached hydrogens (tertiary/aromatic N) is 1. The highest BCUT2D eigenvalue weighted by molar-refractivity contribution is 5.67. The van der Waals surface area contributed by atoms with E-state index in [4.69, 9.17) is 9.84 Å². The van der Waals surface area contributed by atoms with Gasteiger partial charge >= 0.3 is 5.97 Å². The molecule has 0 spiro atoms. The zero-order valence-electron chi connectivity index (χ0n) is 12.1. The zero-order valence-corrected chi connectivity index (χ0v) is 12.1. The van der Waals surface area contributed by atoms with Crippen molar-refractivity contribution in [2.45, 2.75) is 32.4 Å². The summed E-state index contributed by atoms with van der Waals surface area (Å²) in [5.41, 5.74) is 0.559. The lowest BCUT2D eigenvalue weighted by Crippen LogP contribution is -2.44. The maximum atomic E-state index is 14.0. The summed E-state index contributed by atoms with van der Waals surface area (Å²) in [4.78, 5) is 12.7. The van der Waals surface area contributed by atoms with Crippen LogP contribution in [0.25, 0.3) is 0 Å². The van der Waals surface area contributed by atoms with Crippen molar-refractivity contribution in [2.75, 3.05) is 19.7 Å². The number of ether oxygens (including phenoxy) is 1. The second kappa shape index (κ2) is 6.49. The molecule has 1 fully saturated rings. The number of halogens is 2. The van der Waals surface area contributed by atoms with Gasteiger partial charge in [-0.2, -0.15) is 0 Å². The minimum atomic E-state index is -0.929. The lowest BCUT2D eigenvalue weighted by molar-refractivity contribution is -0.142. The molecule has 0 radical (unpaired) electrons. The predicted molar refractivity (Wildman–Crippen MR) is 73.1 cm³/mol. The Balaban J connectivity index is 2.14. The fourth-order valence-electron chi connectivity index (χ4n) is 2.59. The Labute approximate surface area is 122 Å². The molecule has 116 valence electrons. The van der Waals surface area contributed by atoms with Crippen molar-refractivity contribution < 1.29 is 23.4 Å². The van der Waals surface area contributed by atoms with E-state index in [0.29, 0.717) is 19.7 Å². The van der Waals surface area contributed by atoms with Crippen LogP contribution in [0.2, 0.25) is 0 Å². The molecule has 2 rings (SSSR count). The van der Waals surface area contributed by atoms with Crippen molar-refractivity contribution in [3.63, 3.8) is 0 Å². The molecule has 2 unspecified atom stereocenters. The molecule has 0 bridgehead atoms. The molecule has 1 aliphatic rings. The van der Waals surface area contributed by atoms with Gasteiger partial charge in [0.05, 0.1) is 19.1 Å².